The molecule has 1 saturated carbocycles. The van der Waals surface area contributed by atoms with Gasteiger partial charge in [0.25, 0.3) is 0 Å². The van der Waals surface area contributed by atoms with Gasteiger partial charge in [-0.15, -0.1) is 0 Å². The Balaban J connectivity index is 1.54. The van der Waals surface area contributed by atoms with Crippen LogP contribution in [0.25, 0.3) is 11.0 Å². The zero-order valence-electron chi connectivity index (χ0n) is 17.6. The monoisotopic (exact) mass is 398 g/mol. The molecule has 4 rings (SSSR count). The Morgan fingerprint density at radius 1 is 1.17 bits per heavy atom. The molecule has 2 aliphatic rings. The number of hydrogen-bond donors (Lipinski definition) is 1. The molecule has 1 amide bonds. The van der Waals surface area contributed by atoms with Gasteiger partial charge in [-0.25, -0.2) is 4.98 Å². The minimum Gasteiger partial charge on any atom is -0.383 e. The summed E-state index contributed by atoms with van der Waals surface area (Å²) in [5.41, 5.74) is 2.28. The van der Waals surface area contributed by atoms with E-state index in [1.54, 1.807) is 7.11 Å². The Hall–Kier alpha value is -2.08. The summed E-state index contributed by atoms with van der Waals surface area (Å²) in [6, 6.07) is 8.46. The van der Waals surface area contributed by atoms with Gasteiger partial charge < -0.3 is 19.5 Å². The van der Waals surface area contributed by atoms with E-state index in [2.05, 4.69) is 39.0 Å². The first-order chi connectivity index (χ1) is 14.3. The second kappa shape index (κ2) is 9.61. The van der Waals surface area contributed by atoms with Gasteiger partial charge in [0.2, 0.25) is 11.9 Å². The highest BCUT2D eigenvalue weighted by Gasteiger charge is 2.29. The van der Waals surface area contributed by atoms with Crippen molar-refractivity contribution in [3.63, 3.8) is 0 Å². The lowest BCUT2D eigenvalue weighted by atomic mass is 9.89. The smallest absolute Gasteiger partial charge is 0.224 e. The average molecular weight is 399 g/mol. The fourth-order valence-corrected chi connectivity index (χ4v) is 4.91. The minimum atomic E-state index is 0.0172. The van der Waals surface area contributed by atoms with Crippen molar-refractivity contribution in [2.75, 3.05) is 38.3 Å². The van der Waals surface area contributed by atoms with Gasteiger partial charge in [0.05, 0.1) is 23.6 Å². The zero-order chi connectivity index (χ0) is 20.1. The van der Waals surface area contributed by atoms with Gasteiger partial charge in [-0.1, -0.05) is 31.4 Å². The molecule has 2 heterocycles. The molecular weight excluding hydrogens is 364 g/mol. The average Bonchev–Trinajstić information content (AvgIpc) is 3.13. The summed E-state index contributed by atoms with van der Waals surface area (Å²) in [7, 11) is 1.66. The number of amides is 1. The summed E-state index contributed by atoms with van der Waals surface area (Å²) < 4.78 is 7.48. The van der Waals surface area contributed by atoms with Gasteiger partial charge in [-0.05, 0) is 43.7 Å². The van der Waals surface area contributed by atoms with Crippen molar-refractivity contribution in [1.29, 1.82) is 0 Å². The zero-order valence-corrected chi connectivity index (χ0v) is 17.6. The maximum absolute atomic E-state index is 12.6. The lowest BCUT2D eigenvalue weighted by Crippen LogP contribution is -2.44. The van der Waals surface area contributed by atoms with E-state index < -0.39 is 0 Å². The number of anilines is 1. The number of methoxy groups -OCH3 is 1. The van der Waals surface area contributed by atoms with Crippen molar-refractivity contribution in [2.45, 2.75) is 51.5 Å². The molecule has 1 N–H and O–H groups in total. The van der Waals surface area contributed by atoms with E-state index in [9.17, 15) is 4.79 Å². The fraction of sp³-hybridized carbons (Fsp3) is 0.652. The molecule has 1 saturated heterocycles. The summed E-state index contributed by atoms with van der Waals surface area (Å²) in [5.74, 6) is 1.94. The number of nitrogens with zero attached hydrogens (tertiary/aromatic N) is 3. The van der Waals surface area contributed by atoms with Gasteiger partial charge in [-0.3, -0.25) is 4.79 Å². The van der Waals surface area contributed by atoms with Crippen LogP contribution in [0.5, 0.6) is 0 Å². The number of carbonyl (C=O) groups is 1. The highest BCUT2D eigenvalue weighted by atomic mass is 16.5. The van der Waals surface area contributed by atoms with E-state index in [4.69, 9.17) is 9.72 Å². The van der Waals surface area contributed by atoms with Gasteiger partial charge in [-0.2, -0.15) is 0 Å². The van der Waals surface area contributed by atoms with Crippen LogP contribution in [-0.2, 0) is 16.1 Å². The number of hydrogen-bond acceptors (Lipinski definition) is 4. The number of nitrogens with one attached hydrogen (secondary N) is 1. The number of aromatic nitrogens is 2. The Kier molecular flexibility index (Phi) is 6.70. The largest absolute Gasteiger partial charge is 0.383 e. The molecular formula is C23H34N4O2. The lowest BCUT2D eigenvalue weighted by molar-refractivity contribution is -0.125. The maximum atomic E-state index is 12.6. The molecule has 1 aromatic heterocycles. The molecule has 1 aromatic carbocycles. The molecule has 1 aliphatic heterocycles. The number of piperidine rings is 1. The first-order valence-electron chi connectivity index (χ1n) is 11.2. The van der Waals surface area contributed by atoms with E-state index in [0.717, 1.165) is 49.9 Å². The van der Waals surface area contributed by atoms with Crippen LogP contribution in [-0.4, -0.2) is 48.8 Å². The van der Waals surface area contributed by atoms with Crippen molar-refractivity contribution in [2.24, 2.45) is 11.8 Å². The summed E-state index contributed by atoms with van der Waals surface area (Å²) >= 11 is 0. The molecule has 1 atom stereocenters. The molecule has 0 unspecified atom stereocenters. The van der Waals surface area contributed by atoms with Crippen LogP contribution >= 0.6 is 0 Å². The third kappa shape index (κ3) is 4.74. The quantitative estimate of drug-likeness (QED) is 0.724. The first kappa shape index (κ1) is 20.2. The van der Waals surface area contributed by atoms with E-state index in [-0.39, 0.29) is 11.8 Å². The highest BCUT2D eigenvalue weighted by Crippen LogP contribution is 2.31. The second-order valence-corrected chi connectivity index (χ2v) is 8.58. The van der Waals surface area contributed by atoms with E-state index in [0.29, 0.717) is 13.2 Å². The molecule has 2 fully saturated rings. The fourth-order valence-electron chi connectivity index (χ4n) is 4.91. The Morgan fingerprint density at radius 2 is 2.00 bits per heavy atom. The number of benzene rings is 1. The summed E-state index contributed by atoms with van der Waals surface area (Å²) in [4.78, 5) is 20.0. The van der Waals surface area contributed by atoms with Crippen LogP contribution in [0.3, 0.4) is 0 Å². The number of ether oxygens (including phenoxy) is 1. The summed E-state index contributed by atoms with van der Waals surface area (Å²) in [5, 5.41) is 3.01. The number of rotatable bonds is 7. The number of para-hydroxylation sites is 2. The van der Waals surface area contributed by atoms with Crippen LogP contribution in [0.15, 0.2) is 24.3 Å². The SMILES string of the molecule is COCCNC(=O)[C@H]1CCCN(c2nc3ccccc3n2CC2CCCCC2)C1. The highest BCUT2D eigenvalue weighted by molar-refractivity contribution is 5.81. The molecule has 0 spiro atoms. The van der Waals surface area contributed by atoms with Gasteiger partial charge in [0.1, 0.15) is 0 Å². The van der Waals surface area contributed by atoms with Crippen LogP contribution in [0.2, 0.25) is 0 Å². The summed E-state index contributed by atoms with van der Waals surface area (Å²) in [6.45, 7) is 3.88. The third-order valence-electron chi connectivity index (χ3n) is 6.48. The van der Waals surface area contributed by atoms with E-state index in [1.165, 1.54) is 37.6 Å². The van der Waals surface area contributed by atoms with Crippen LogP contribution in [0, 0.1) is 11.8 Å². The van der Waals surface area contributed by atoms with Crippen LogP contribution < -0.4 is 10.2 Å². The van der Waals surface area contributed by atoms with Gasteiger partial charge in [0, 0.05) is 33.3 Å². The number of imidazole rings is 1. The van der Waals surface area contributed by atoms with Crippen molar-refractivity contribution < 1.29 is 9.53 Å². The lowest BCUT2D eigenvalue weighted by Gasteiger charge is -2.34. The normalized spacial score (nSPS) is 20.9. The molecule has 0 radical (unpaired) electrons. The first-order valence-corrected chi connectivity index (χ1v) is 11.2. The van der Waals surface area contributed by atoms with Crippen molar-refractivity contribution in [3.8, 4) is 0 Å². The van der Waals surface area contributed by atoms with Crippen molar-refractivity contribution >= 4 is 22.9 Å². The van der Waals surface area contributed by atoms with E-state index >= 15 is 0 Å². The van der Waals surface area contributed by atoms with Crippen molar-refractivity contribution in [3.05, 3.63) is 24.3 Å². The van der Waals surface area contributed by atoms with E-state index in [1.807, 2.05) is 0 Å². The molecule has 158 valence electrons. The standard InChI is InChI=1S/C23H34N4O2/c1-29-15-13-24-22(28)19-10-7-14-26(17-19)23-25-20-11-5-6-12-21(20)27(23)16-18-8-3-2-4-9-18/h5-6,11-12,18-19H,2-4,7-10,13-17H2,1H3,(H,24,28)/t19-/m0/s1. The second-order valence-electron chi connectivity index (χ2n) is 8.58. The molecule has 1 aliphatic carbocycles. The molecule has 29 heavy (non-hydrogen) atoms. The number of fused-ring (bicyclic) bond motifs is 1. The van der Waals surface area contributed by atoms with Gasteiger partial charge >= 0.3 is 0 Å². The predicted octanol–water partition coefficient (Wildman–Crippen LogP) is 3.60. The van der Waals surface area contributed by atoms with Gasteiger partial charge in [0.15, 0.2) is 0 Å². The third-order valence-corrected chi connectivity index (χ3v) is 6.48. The summed E-state index contributed by atoms with van der Waals surface area (Å²) in [6.07, 6.45) is 8.67. The Morgan fingerprint density at radius 3 is 2.83 bits per heavy atom. The number of carbonyl (C=O) groups excluding carboxylic acids is 1. The van der Waals surface area contributed by atoms with Crippen LogP contribution in [0.1, 0.15) is 44.9 Å². The molecule has 0 bridgehead atoms. The maximum Gasteiger partial charge on any atom is 0.224 e. The molecule has 2 aromatic rings. The topological polar surface area (TPSA) is 59.4 Å². The van der Waals surface area contributed by atoms with Crippen molar-refractivity contribution in [1.82, 2.24) is 14.9 Å². The molecule has 6 heteroatoms. The van der Waals surface area contributed by atoms with Crippen LogP contribution in [0.4, 0.5) is 5.95 Å². The molecule has 6 nitrogen and oxygen atoms in total. The Labute approximate surface area is 173 Å². The Bertz CT molecular complexity index is 812. The predicted molar refractivity (Wildman–Crippen MR) is 116 cm³/mol. The minimum absolute atomic E-state index is 0.0172.